The molecule has 0 radical (unpaired) electrons. The Kier molecular flexibility index (Phi) is 3.55. The number of ether oxygens (including phenoxy) is 1. The van der Waals surface area contributed by atoms with Crippen molar-refractivity contribution in [3.8, 4) is 5.75 Å². The number of hydrogen-bond donors (Lipinski definition) is 1. The Hall–Kier alpha value is -1.66. The van der Waals surface area contributed by atoms with Crippen molar-refractivity contribution in [1.29, 1.82) is 0 Å². The molecule has 1 aromatic heterocycles. The van der Waals surface area contributed by atoms with Crippen molar-refractivity contribution < 1.29 is 9.53 Å². The van der Waals surface area contributed by atoms with E-state index in [-0.39, 0.29) is 6.61 Å². The van der Waals surface area contributed by atoms with Gasteiger partial charge in [0.15, 0.2) is 0 Å². The highest BCUT2D eigenvalue weighted by atomic mass is 35.5. The van der Waals surface area contributed by atoms with Crippen LogP contribution < -0.4 is 10.5 Å². The fourth-order valence-corrected chi connectivity index (χ4v) is 1.83. The molecule has 1 heterocycles. The van der Waals surface area contributed by atoms with Gasteiger partial charge in [-0.2, -0.15) is 0 Å². The van der Waals surface area contributed by atoms with Crippen LogP contribution in [0, 0.1) is 0 Å². The van der Waals surface area contributed by atoms with E-state index in [1.807, 2.05) is 0 Å². The summed E-state index contributed by atoms with van der Waals surface area (Å²) >= 11 is 6.91. The van der Waals surface area contributed by atoms with Gasteiger partial charge in [0.1, 0.15) is 22.4 Å². The number of nitrogens with two attached hydrogens (primary N) is 1. The molecule has 7 heteroatoms. The van der Waals surface area contributed by atoms with Crippen LogP contribution in [0.3, 0.4) is 0 Å². The number of amides is 1. The molecular formula is C10H8ClN3O2S. The van der Waals surface area contributed by atoms with Crippen LogP contribution >= 0.6 is 23.1 Å². The number of rotatable bonds is 4. The molecule has 1 amide bonds. The maximum absolute atomic E-state index is 11.1. The Labute approximate surface area is 106 Å². The monoisotopic (exact) mass is 269 g/mol. The molecule has 0 aliphatic rings. The molecule has 2 rings (SSSR count). The lowest BCUT2D eigenvalue weighted by Crippen LogP contribution is -2.13. The third-order valence-electron chi connectivity index (χ3n) is 2.03. The van der Waals surface area contributed by atoms with Gasteiger partial charge in [0, 0.05) is 11.5 Å². The zero-order valence-electron chi connectivity index (χ0n) is 8.59. The van der Waals surface area contributed by atoms with Crippen LogP contribution in [0.1, 0.15) is 16.1 Å². The highest BCUT2D eigenvalue weighted by Gasteiger charge is 2.10. The molecule has 0 atom stereocenters. The Balaban J connectivity index is 2.14. The number of benzene rings is 1. The summed E-state index contributed by atoms with van der Waals surface area (Å²) in [6.07, 6.45) is 0. The maximum atomic E-state index is 11.1. The van der Waals surface area contributed by atoms with Crippen LogP contribution in [0.2, 0.25) is 4.34 Å². The quantitative estimate of drug-likeness (QED) is 0.919. The summed E-state index contributed by atoms with van der Waals surface area (Å²) < 4.78 is 9.60. The lowest BCUT2D eigenvalue weighted by molar-refractivity contribution is 0.0996. The molecule has 5 nitrogen and oxygen atoms in total. The summed E-state index contributed by atoms with van der Waals surface area (Å²) in [6, 6.07) is 6.72. The summed E-state index contributed by atoms with van der Waals surface area (Å²) in [7, 11) is 0. The van der Waals surface area contributed by atoms with E-state index in [4.69, 9.17) is 22.1 Å². The molecule has 0 fully saturated rings. The molecular weight excluding hydrogens is 262 g/mol. The Morgan fingerprint density at radius 3 is 2.88 bits per heavy atom. The van der Waals surface area contributed by atoms with Gasteiger partial charge < -0.3 is 10.5 Å². The van der Waals surface area contributed by atoms with E-state index in [2.05, 4.69) is 9.59 Å². The molecule has 2 N–H and O–H groups in total. The smallest absolute Gasteiger partial charge is 0.252 e. The van der Waals surface area contributed by atoms with Crippen LogP contribution in [0.4, 0.5) is 0 Å². The fourth-order valence-electron chi connectivity index (χ4n) is 1.23. The number of para-hydroxylation sites is 1. The highest BCUT2D eigenvalue weighted by Crippen LogP contribution is 2.22. The van der Waals surface area contributed by atoms with Crippen LogP contribution in [0.25, 0.3) is 0 Å². The zero-order chi connectivity index (χ0) is 12.3. The Morgan fingerprint density at radius 2 is 2.24 bits per heavy atom. The highest BCUT2D eigenvalue weighted by molar-refractivity contribution is 7.10. The van der Waals surface area contributed by atoms with E-state index in [1.165, 1.54) is 0 Å². The number of hydrogen-bond acceptors (Lipinski definition) is 5. The first kappa shape index (κ1) is 11.8. The van der Waals surface area contributed by atoms with Gasteiger partial charge in [-0.1, -0.05) is 28.2 Å². The second-order valence-corrected chi connectivity index (χ2v) is 4.50. The molecule has 0 saturated heterocycles. The number of aromatic nitrogens is 2. The lowest BCUT2D eigenvalue weighted by Gasteiger charge is -2.07. The third-order valence-corrected chi connectivity index (χ3v) is 3.01. The van der Waals surface area contributed by atoms with Crippen LogP contribution in [0.5, 0.6) is 5.75 Å². The normalized spacial score (nSPS) is 10.2. The first-order chi connectivity index (χ1) is 8.18. The van der Waals surface area contributed by atoms with Crippen LogP contribution in [-0.2, 0) is 6.61 Å². The average molecular weight is 270 g/mol. The average Bonchev–Trinajstić information content (AvgIpc) is 2.72. The van der Waals surface area contributed by atoms with E-state index >= 15 is 0 Å². The standard InChI is InChI=1S/C10H8ClN3O2S/c11-9-7(13-14-17-9)5-16-8-4-2-1-3-6(8)10(12)15/h1-4H,5H2,(H2,12,15). The van der Waals surface area contributed by atoms with E-state index in [1.54, 1.807) is 24.3 Å². The molecule has 88 valence electrons. The number of nitrogens with zero attached hydrogens (tertiary/aromatic N) is 2. The molecule has 0 aliphatic carbocycles. The molecule has 1 aromatic carbocycles. The predicted molar refractivity (Wildman–Crippen MR) is 64.2 cm³/mol. The largest absolute Gasteiger partial charge is 0.486 e. The van der Waals surface area contributed by atoms with Crippen molar-refractivity contribution in [2.45, 2.75) is 6.61 Å². The second kappa shape index (κ2) is 5.11. The number of carbonyl (C=O) groups excluding carboxylic acids is 1. The van der Waals surface area contributed by atoms with Gasteiger partial charge in [0.05, 0.1) is 5.56 Å². The van der Waals surface area contributed by atoms with Crippen molar-refractivity contribution >= 4 is 29.0 Å². The van der Waals surface area contributed by atoms with Crippen LogP contribution in [-0.4, -0.2) is 15.5 Å². The summed E-state index contributed by atoms with van der Waals surface area (Å²) in [6.45, 7) is 0.152. The predicted octanol–water partition coefficient (Wildman–Crippen LogP) is 1.87. The minimum Gasteiger partial charge on any atom is -0.486 e. The van der Waals surface area contributed by atoms with Gasteiger partial charge in [-0.05, 0) is 12.1 Å². The second-order valence-electron chi connectivity index (χ2n) is 3.14. The van der Waals surface area contributed by atoms with E-state index in [9.17, 15) is 4.79 Å². The minimum atomic E-state index is -0.539. The van der Waals surface area contributed by atoms with Crippen molar-refractivity contribution in [3.63, 3.8) is 0 Å². The summed E-state index contributed by atoms with van der Waals surface area (Å²) in [5.41, 5.74) is 6.09. The molecule has 0 bridgehead atoms. The van der Waals surface area contributed by atoms with Crippen molar-refractivity contribution in [2.75, 3.05) is 0 Å². The Morgan fingerprint density at radius 1 is 1.47 bits per heavy atom. The maximum Gasteiger partial charge on any atom is 0.252 e. The third kappa shape index (κ3) is 2.72. The topological polar surface area (TPSA) is 78.1 Å². The van der Waals surface area contributed by atoms with Gasteiger partial charge in [-0.25, -0.2) is 0 Å². The molecule has 0 aliphatic heterocycles. The summed E-state index contributed by atoms with van der Waals surface area (Å²) in [5.74, 6) is -0.132. The van der Waals surface area contributed by atoms with Crippen molar-refractivity contribution in [3.05, 3.63) is 39.9 Å². The zero-order valence-corrected chi connectivity index (χ0v) is 10.2. The van der Waals surface area contributed by atoms with Crippen molar-refractivity contribution in [1.82, 2.24) is 9.59 Å². The van der Waals surface area contributed by atoms with E-state index < -0.39 is 5.91 Å². The lowest BCUT2D eigenvalue weighted by atomic mass is 10.2. The van der Waals surface area contributed by atoms with Crippen LogP contribution in [0.15, 0.2) is 24.3 Å². The van der Waals surface area contributed by atoms with Gasteiger partial charge in [-0.3, -0.25) is 4.79 Å². The molecule has 0 saturated carbocycles. The SMILES string of the molecule is NC(=O)c1ccccc1OCc1nnsc1Cl. The fraction of sp³-hybridized carbons (Fsp3) is 0.100. The molecule has 0 spiro atoms. The first-order valence-corrected chi connectivity index (χ1v) is 5.82. The number of primary amides is 1. The van der Waals surface area contributed by atoms with Gasteiger partial charge in [0.2, 0.25) is 0 Å². The van der Waals surface area contributed by atoms with Crippen molar-refractivity contribution in [2.24, 2.45) is 5.73 Å². The summed E-state index contributed by atoms with van der Waals surface area (Å²) in [5, 5.41) is 3.80. The van der Waals surface area contributed by atoms with Gasteiger partial charge in [0.25, 0.3) is 5.91 Å². The molecule has 17 heavy (non-hydrogen) atoms. The summed E-state index contributed by atoms with van der Waals surface area (Å²) in [4.78, 5) is 11.1. The molecule has 2 aromatic rings. The van der Waals surface area contributed by atoms with E-state index in [0.29, 0.717) is 21.3 Å². The number of carbonyl (C=O) groups is 1. The van der Waals surface area contributed by atoms with E-state index in [0.717, 1.165) is 11.5 Å². The number of halogens is 1. The minimum absolute atomic E-state index is 0.152. The van der Waals surface area contributed by atoms with Gasteiger partial charge in [-0.15, -0.1) is 5.10 Å². The van der Waals surface area contributed by atoms with Gasteiger partial charge >= 0.3 is 0 Å². The Bertz CT molecular complexity index is 544. The first-order valence-electron chi connectivity index (χ1n) is 4.67. The molecule has 0 unspecified atom stereocenters.